The first-order valence-corrected chi connectivity index (χ1v) is 12.4. The molecule has 0 saturated carbocycles. The summed E-state index contributed by atoms with van der Waals surface area (Å²) in [5, 5.41) is 5.56. The number of fused-ring (bicyclic) bond motifs is 1. The number of alkyl halides is 3. The number of amides is 2. The predicted molar refractivity (Wildman–Crippen MR) is 148 cm³/mol. The molecule has 38 heavy (non-hydrogen) atoms. The number of aromatic nitrogens is 4. The summed E-state index contributed by atoms with van der Waals surface area (Å²) < 4.78 is 43.8. The van der Waals surface area contributed by atoms with Crippen molar-refractivity contribution in [2.75, 3.05) is 16.4 Å². The molecule has 0 atom stereocenters. The highest BCUT2D eigenvalue weighted by molar-refractivity contribution is 14.1. The number of carbonyl (C=O) groups is 1. The lowest BCUT2D eigenvalue weighted by atomic mass is 9.97. The quantitative estimate of drug-likeness (QED) is 0.144. The van der Waals surface area contributed by atoms with Gasteiger partial charge in [0.05, 0.1) is 11.3 Å². The largest absolute Gasteiger partial charge is 0.417 e. The van der Waals surface area contributed by atoms with Gasteiger partial charge in [0, 0.05) is 44.6 Å². The molecule has 8 nitrogen and oxygen atoms in total. The highest BCUT2D eigenvalue weighted by Crippen LogP contribution is 2.41. The Morgan fingerprint density at radius 1 is 0.974 bits per heavy atom. The second-order valence-electron chi connectivity index (χ2n) is 8.01. The third-order valence-electron chi connectivity index (χ3n) is 5.57. The summed E-state index contributed by atoms with van der Waals surface area (Å²) in [5.41, 5.74) is 7.23. The van der Waals surface area contributed by atoms with Crippen molar-refractivity contribution in [3.05, 3.63) is 87.5 Å². The smallest absolute Gasteiger partial charge is 0.382 e. The van der Waals surface area contributed by atoms with Gasteiger partial charge in [-0.05, 0) is 54.1 Å². The lowest BCUT2D eigenvalue weighted by Crippen LogP contribution is -2.20. The van der Waals surface area contributed by atoms with Crippen LogP contribution < -0.4 is 16.4 Å². The summed E-state index contributed by atoms with van der Waals surface area (Å²) in [4.78, 5) is 25.4. The van der Waals surface area contributed by atoms with E-state index in [1.165, 1.54) is 42.7 Å². The Bertz CT molecular complexity index is 1660. The van der Waals surface area contributed by atoms with Gasteiger partial charge in [-0.15, -0.1) is 0 Å². The van der Waals surface area contributed by atoms with Gasteiger partial charge >= 0.3 is 12.2 Å². The van der Waals surface area contributed by atoms with E-state index in [-0.39, 0.29) is 22.6 Å². The summed E-state index contributed by atoms with van der Waals surface area (Å²) in [6, 6.07) is 15.6. The van der Waals surface area contributed by atoms with Crippen molar-refractivity contribution < 1.29 is 18.0 Å². The van der Waals surface area contributed by atoms with E-state index in [2.05, 4.69) is 48.2 Å². The number of nitrogens with zero attached hydrogens (tertiary/aromatic N) is 4. The molecule has 0 radical (unpaired) electrons. The van der Waals surface area contributed by atoms with Gasteiger partial charge in [-0.25, -0.2) is 19.7 Å². The van der Waals surface area contributed by atoms with E-state index in [1.54, 1.807) is 28.8 Å². The fourth-order valence-electron chi connectivity index (χ4n) is 3.91. The van der Waals surface area contributed by atoms with Crippen LogP contribution >= 0.6 is 34.2 Å². The number of anilines is 3. The molecule has 0 unspecified atom stereocenters. The minimum atomic E-state index is -4.64. The van der Waals surface area contributed by atoms with Crippen molar-refractivity contribution in [3.63, 3.8) is 0 Å². The van der Waals surface area contributed by atoms with E-state index in [0.29, 0.717) is 31.4 Å². The zero-order valence-electron chi connectivity index (χ0n) is 19.1. The van der Waals surface area contributed by atoms with Crippen molar-refractivity contribution >= 4 is 68.6 Å². The number of imidazole rings is 1. The molecule has 192 valence electrons. The number of benzene rings is 3. The van der Waals surface area contributed by atoms with Crippen LogP contribution in [0.3, 0.4) is 0 Å². The van der Waals surface area contributed by atoms with Gasteiger partial charge in [0.1, 0.15) is 6.33 Å². The number of hydrogen-bond donors (Lipinski definition) is 3. The van der Waals surface area contributed by atoms with Gasteiger partial charge in [-0.1, -0.05) is 29.8 Å². The van der Waals surface area contributed by atoms with Gasteiger partial charge in [-0.3, -0.25) is 4.57 Å². The number of carbonyl (C=O) groups excluding carboxylic acids is 1. The number of nitrogens with two attached hydrogens (primary N) is 1. The maximum Gasteiger partial charge on any atom is 0.417 e. The second-order valence-corrected chi connectivity index (χ2v) is 9.41. The van der Waals surface area contributed by atoms with Crippen LogP contribution in [-0.4, -0.2) is 25.6 Å². The van der Waals surface area contributed by atoms with E-state index < -0.39 is 17.8 Å². The number of urea groups is 1. The van der Waals surface area contributed by atoms with Crippen LogP contribution in [0.25, 0.3) is 28.0 Å². The molecule has 0 aliphatic carbocycles. The first-order chi connectivity index (χ1) is 18.1. The van der Waals surface area contributed by atoms with Crippen molar-refractivity contribution in [1.29, 1.82) is 0 Å². The highest BCUT2D eigenvalue weighted by Gasteiger charge is 2.35. The van der Waals surface area contributed by atoms with Crippen LogP contribution in [0.4, 0.5) is 35.2 Å². The third-order valence-corrected chi connectivity index (χ3v) is 6.54. The number of nitrogens with one attached hydrogen (secondary N) is 2. The number of hydrogen-bond acceptors (Lipinski definition) is 5. The summed E-state index contributed by atoms with van der Waals surface area (Å²) in [6.45, 7) is 0. The third kappa shape index (κ3) is 5.09. The molecule has 0 fully saturated rings. The molecule has 2 amide bonds. The molecule has 2 heterocycles. The Balaban J connectivity index is 1.40. The van der Waals surface area contributed by atoms with Crippen LogP contribution in [0.2, 0.25) is 5.02 Å². The molecule has 5 aromatic rings. The van der Waals surface area contributed by atoms with E-state index in [0.717, 1.165) is 6.07 Å². The molecule has 0 aliphatic heterocycles. The van der Waals surface area contributed by atoms with Gasteiger partial charge < -0.3 is 16.4 Å². The average Bonchev–Trinajstić information content (AvgIpc) is 3.21. The Hall–Kier alpha value is -3.91. The van der Waals surface area contributed by atoms with Crippen LogP contribution in [-0.2, 0) is 6.18 Å². The van der Waals surface area contributed by atoms with Crippen LogP contribution in [0, 0.1) is 3.83 Å². The minimum Gasteiger partial charge on any atom is -0.382 e. The number of halogens is 5. The van der Waals surface area contributed by atoms with E-state index in [4.69, 9.17) is 17.3 Å². The molecule has 3 aromatic carbocycles. The van der Waals surface area contributed by atoms with Crippen LogP contribution in [0.1, 0.15) is 5.56 Å². The lowest BCUT2D eigenvalue weighted by molar-refractivity contribution is -0.137. The summed E-state index contributed by atoms with van der Waals surface area (Å²) in [7, 11) is 0. The topological polar surface area (TPSA) is 111 Å². The summed E-state index contributed by atoms with van der Waals surface area (Å²) in [6.07, 6.45) is -3.29. The van der Waals surface area contributed by atoms with Crippen LogP contribution in [0.5, 0.6) is 0 Å². The van der Waals surface area contributed by atoms with Gasteiger partial charge in [0.2, 0.25) is 0 Å². The van der Waals surface area contributed by atoms with Crippen molar-refractivity contribution in [1.82, 2.24) is 19.5 Å². The molecule has 0 spiro atoms. The Kier molecular flexibility index (Phi) is 6.84. The second kappa shape index (κ2) is 10.1. The standard InChI is InChI=1S/C25H16ClF3IN7O/c26-14-6-4-13(5-7-14)19-17(25(27,28)29)2-1-3-18(19)35-24(38)34-15-8-10-16(11-9-15)37-22-20(36-23(37)30)21(31)32-12-33-22/h1-12H,(H2,31,32,33)(H2,34,35,38). The fourth-order valence-corrected chi connectivity index (χ4v) is 4.78. The fraction of sp³-hybridized carbons (Fsp3) is 0.0400. The highest BCUT2D eigenvalue weighted by atomic mass is 127. The van der Waals surface area contributed by atoms with E-state index in [9.17, 15) is 18.0 Å². The van der Waals surface area contributed by atoms with Gasteiger partial charge in [-0.2, -0.15) is 13.2 Å². The normalized spacial score (nSPS) is 11.5. The monoisotopic (exact) mass is 649 g/mol. The van der Waals surface area contributed by atoms with Crippen LogP contribution in [0.15, 0.2) is 73.1 Å². The SMILES string of the molecule is Nc1ncnc2c1nc(I)n2-c1ccc(NC(=O)Nc2cccc(C(F)(F)F)c2-c2ccc(Cl)cc2)cc1. The maximum atomic E-state index is 13.8. The van der Waals surface area contributed by atoms with Gasteiger partial charge in [0.25, 0.3) is 0 Å². The van der Waals surface area contributed by atoms with Gasteiger partial charge in [0.15, 0.2) is 20.8 Å². The first-order valence-electron chi connectivity index (χ1n) is 10.9. The molecule has 2 aromatic heterocycles. The van der Waals surface area contributed by atoms with Crippen molar-refractivity contribution in [2.24, 2.45) is 0 Å². The number of nitrogen functional groups attached to an aromatic ring is 1. The first kappa shape index (κ1) is 25.7. The molecule has 13 heteroatoms. The molecule has 0 bridgehead atoms. The Labute approximate surface area is 232 Å². The average molecular weight is 650 g/mol. The molecule has 0 aliphatic rings. The molecule has 4 N–H and O–H groups in total. The molecule has 0 saturated heterocycles. The van der Waals surface area contributed by atoms with E-state index >= 15 is 0 Å². The Morgan fingerprint density at radius 2 is 1.68 bits per heavy atom. The van der Waals surface area contributed by atoms with Crippen molar-refractivity contribution in [2.45, 2.75) is 6.18 Å². The zero-order chi connectivity index (χ0) is 27.0. The zero-order valence-corrected chi connectivity index (χ0v) is 22.0. The molecule has 5 rings (SSSR count). The van der Waals surface area contributed by atoms with Crippen molar-refractivity contribution in [3.8, 4) is 16.8 Å². The maximum absolute atomic E-state index is 13.8. The Morgan fingerprint density at radius 3 is 2.37 bits per heavy atom. The minimum absolute atomic E-state index is 0.00650. The molecular formula is C25H16ClF3IN7O. The summed E-state index contributed by atoms with van der Waals surface area (Å²) in [5.74, 6) is 0.259. The van der Waals surface area contributed by atoms with E-state index in [1.807, 2.05) is 0 Å². The lowest BCUT2D eigenvalue weighted by Gasteiger charge is -2.18. The molecular weight excluding hydrogens is 634 g/mol. The predicted octanol–water partition coefficient (Wildman–Crippen LogP) is 6.99. The summed E-state index contributed by atoms with van der Waals surface area (Å²) >= 11 is 7.97. The number of rotatable bonds is 4.